The van der Waals surface area contributed by atoms with Crippen LogP contribution in [-0.2, 0) is 13.1 Å². The fraction of sp³-hybridized carbons (Fsp3) is 0.417. The lowest BCUT2D eigenvalue weighted by molar-refractivity contribution is 0.429. The van der Waals surface area contributed by atoms with Gasteiger partial charge in [0.2, 0.25) is 0 Å². The largest absolute Gasteiger partial charge is 0.463 e. The Labute approximate surface area is 114 Å². The first-order valence-corrected chi connectivity index (χ1v) is 6.86. The van der Waals surface area contributed by atoms with E-state index in [9.17, 15) is 0 Å². The van der Waals surface area contributed by atoms with Crippen molar-refractivity contribution in [3.05, 3.63) is 39.6 Å². The summed E-state index contributed by atoms with van der Waals surface area (Å²) in [6, 6.07) is 4.79. The van der Waals surface area contributed by atoms with Gasteiger partial charge in [-0.15, -0.1) is 0 Å². The van der Waals surface area contributed by atoms with E-state index in [1.807, 2.05) is 29.2 Å². The quantitative estimate of drug-likeness (QED) is 0.848. The van der Waals surface area contributed by atoms with Crippen molar-refractivity contribution in [2.24, 2.45) is 0 Å². The summed E-state index contributed by atoms with van der Waals surface area (Å²) in [6.45, 7) is 1.54. The normalized spacial score (nSPS) is 15.4. The minimum atomic E-state index is 0.701. The van der Waals surface area contributed by atoms with Crippen molar-refractivity contribution in [1.82, 2.24) is 15.1 Å². The molecule has 2 aromatic heterocycles. The zero-order valence-electron chi connectivity index (χ0n) is 9.40. The van der Waals surface area contributed by atoms with Gasteiger partial charge in [-0.05, 0) is 47.6 Å². The van der Waals surface area contributed by atoms with Crippen molar-refractivity contribution >= 4 is 22.6 Å². The predicted molar refractivity (Wildman–Crippen MR) is 72.6 cm³/mol. The number of rotatable bonds is 5. The van der Waals surface area contributed by atoms with Gasteiger partial charge in [0.1, 0.15) is 11.5 Å². The van der Waals surface area contributed by atoms with Crippen molar-refractivity contribution < 1.29 is 4.42 Å². The first kappa shape index (κ1) is 11.3. The monoisotopic (exact) mass is 343 g/mol. The van der Waals surface area contributed by atoms with Crippen molar-refractivity contribution in [2.45, 2.75) is 32.0 Å². The van der Waals surface area contributed by atoms with E-state index in [1.165, 1.54) is 12.8 Å². The van der Waals surface area contributed by atoms with E-state index in [2.05, 4.69) is 33.0 Å². The minimum Gasteiger partial charge on any atom is -0.463 e. The Morgan fingerprint density at radius 1 is 1.41 bits per heavy atom. The van der Waals surface area contributed by atoms with Gasteiger partial charge < -0.3 is 9.73 Å². The Hall–Kier alpha value is -0.820. The van der Waals surface area contributed by atoms with Gasteiger partial charge in [0.25, 0.3) is 0 Å². The zero-order chi connectivity index (χ0) is 11.7. The molecule has 90 valence electrons. The fourth-order valence-corrected chi connectivity index (χ4v) is 2.17. The van der Waals surface area contributed by atoms with E-state index in [0.29, 0.717) is 6.54 Å². The predicted octanol–water partition coefficient (Wildman–Crippen LogP) is 2.38. The smallest absolute Gasteiger partial charge is 0.125 e. The first-order chi connectivity index (χ1) is 8.29. The van der Waals surface area contributed by atoms with E-state index >= 15 is 0 Å². The van der Waals surface area contributed by atoms with Crippen molar-refractivity contribution in [1.29, 1.82) is 0 Å². The third-order valence-corrected chi connectivity index (χ3v) is 3.34. The third-order valence-electron chi connectivity index (χ3n) is 2.78. The second kappa shape index (κ2) is 4.81. The lowest BCUT2D eigenvalue weighted by Gasteiger charge is -1.99. The molecule has 2 aromatic rings. The molecule has 0 bridgehead atoms. The molecule has 0 atom stereocenters. The molecule has 0 saturated heterocycles. The van der Waals surface area contributed by atoms with Crippen LogP contribution in [0.5, 0.6) is 0 Å². The first-order valence-electron chi connectivity index (χ1n) is 5.78. The van der Waals surface area contributed by atoms with E-state index < -0.39 is 0 Å². The fourth-order valence-electron chi connectivity index (χ4n) is 1.72. The van der Waals surface area contributed by atoms with Gasteiger partial charge in [0.05, 0.1) is 22.9 Å². The molecule has 0 aliphatic heterocycles. The molecule has 0 spiro atoms. The summed E-state index contributed by atoms with van der Waals surface area (Å²) in [5.74, 6) is 1.96. The van der Waals surface area contributed by atoms with E-state index in [4.69, 9.17) is 4.42 Å². The summed E-state index contributed by atoms with van der Waals surface area (Å²) >= 11 is 2.25. The molecule has 4 nitrogen and oxygen atoms in total. The minimum absolute atomic E-state index is 0.701. The molecular formula is C12H14IN3O. The Kier molecular flexibility index (Phi) is 3.19. The highest BCUT2D eigenvalue weighted by Gasteiger charge is 2.20. The van der Waals surface area contributed by atoms with Gasteiger partial charge in [-0.1, -0.05) is 0 Å². The van der Waals surface area contributed by atoms with Crippen LogP contribution in [0.3, 0.4) is 0 Å². The Balaban J connectivity index is 1.59. The number of halogens is 1. The maximum Gasteiger partial charge on any atom is 0.125 e. The summed E-state index contributed by atoms with van der Waals surface area (Å²) in [4.78, 5) is 0. The molecule has 2 heterocycles. The molecule has 0 aromatic carbocycles. The molecule has 1 aliphatic rings. The van der Waals surface area contributed by atoms with Gasteiger partial charge in [-0.3, -0.25) is 4.68 Å². The molecule has 5 heteroatoms. The standard InChI is InChI=1S/C12H14IN3O/c13-9-5-15-16(7-9)8-12-4-3-11(17-12)6-14-10-1-2-10/h3-5,7,10,14H,1-2,6,8H2. The summed E-state index contributed by atoms with van der Waals surface area (Å²) in [5, 5.41) is 7.67. The van der Waals surface area contributed by atoms with Crippen LogP contribution in [0, 0.1) is 3.57 Å². The van der Waals surface area contributed by atoms with E-state index in [0.717, 1.165) is 27.7 Å². The average molecular weight is 343 g/mol. The van der Waals surface area contributed by atoms with Crippen LogP contribution in [0.2, 0.25) is 0 Å². The van der Waals surface area contributed by atoms with Crippen LogP contribution in [0.4, 0.5) is 0 Å². The number of aromatic nitrogens is 2. The molecule has 0 amide bonds. The molecule has 17 heavy (non-hydrogen) atoms. The zero-order valence-corrected chi connectivity index (χ0v) is 11.6. The molecule has 1 aliphatic carbocycles. The highest BCUT2D eigenvalue weighted by atomic mass is 127. The van der Waals surface area contributed by atoms with Crippen molar-refractivity contribution in [2.75, 3.05) is 0 Å². The van der Waals surface area contributed by atoms with Crippen molar-refractivity contribution in [3.63, 3.8) is 0 Å². The van der Waals surface area contributed by atoms with Gasteiger partial charge >= 0.3 is 0 Å². The lowest BCUT2D eigenvalue weighted by atomic mass is 10.4. The molecular weight excluding hydrogens is 329 g/mol. The van der Waals surface area contributed by atoms with Crippen LogP contribution in [-0.4, -0.2) is 15.8 Å². The number of furan rings is 1. The second-order valence-corrected chi connectivity index (χ2v) is 5.62. The topological polar surface area (TPSA) is 43.0 Å². The molecule has 0 unspecified atom stereocenters. The summed E-state index contributed by atoms with van der Waals surface area (Å²) in [7, 11) is 0. The Bertz CT molecular complexity index is 501. The number of hydrogen-bond donors (Lipinski definition) is 1. The number of nitrogens with one attached hydrogen (secondary N) is 1. The third kappa shape index (κ3) is 3.10. The van der Waals surface area contributed by atoms with Gasteiger partial charge in [-0.25, -0.2) is 0 Å². The van der Waals surface area contributed by atoms with E-state index in [-0.39, 0.29) is 0 Å². The molecule has 1 fully saturated rings. The summed E-state index contributed by atoms with van der Waals surface area (Å²) < 4.78 is 8.78. The van der Waals surface area contributed by atoms with Crippen LogP contribution < -0.4 is 5.32 Å². The molecule has 1 N–H and O–H groups in total. The van der Waals surface area contributed by atoms with Gasteiger partial charge in [0.15, 0.2) is 0 Å². The Morgan fingerprint density at radius 2 is 2.24 bits per heavy atom. The van der Waals surface area contributed by atoms with Crippen molar-refractivity contribution in [3.8, 4) is 0 Å². The number of hydrogen-bond acceptors (Lipinski definition) is 3. The molecule has 0 radical (unpaired) electrons. The number of nitrogens with zero attached hydrogens (tertiary/aromatic N) is 2. The lowest BCUT2D eigenvalue weighted by Crippen LogP contribution is -2.14. The molecule has 3 rings (SSSR count). The highest BCUT2D eigenvalue weighted by molar-refractivity contribution is 14.1. The van der Waals surface area contributed by atoms with Gasteiger partial charge in [0, 0.05) is 12.2 Å². The highest BCUT2D eigenvalue weighted by Crippen LogP contribution is 2.19. The Morgan fingerprint density at radius 3 is 2.94 bits per heavy atom. The van der Waals surface area contributed by atoms with Crippen LogP contribution >= 0.6 is 22.6 Å². The van der Waals surface area contributed by atoms with Gasteiger partial charge in [-0.2, -0.15) is 5.10 Å². The maximum absolute atomic E-state index is 5.75. The van der Waals surface area contributed by atoms with Crippen LogP contribution in [0.25, 0.3) is 0 Å². The summed E-state index contributed by atoms with van der Waals surface area (Å²) in [5.41, 5.74) is 0. The maximum atomic E-state index is 5.75. The SMILES string of the molecule is Ic1cnn(Cc2ccc(CNC3CC3)o2)c1. The average Bonchev–Trinajstić information content (AvgIpc) is 2.90. The second-order valence-electron chi connectivity index (χ2n) is 4.38. The van der Waals surface area contributed by atoms with Crippen LogP contribution in [0.1, 0.15) is 24.4 Å². The molecule has 1 saturated carbocycles. The van der Waals surface area contributed by atoms with E-state index in [1.54, 1.807) is 0 Å². The van der Waals surface area contributed by atoms with Crippen LogP contribution in [0.15, 0.2) is 28.9 Å². The summed E-state index contributed by atoms with van der Waals surface area (Å²) in [6.07, 6.45) is 6.46.